The van der Waals surface area contributed by atoms with E-state index in [1.54, 1.807) is 14.1 Å². The Labute approximate surface area is 83.5 Å². The van der Waals surface area contributed by atoms with Gasteiger partial charge in [-0.3, -0.25) is 9.59 Å². The maximum absolute atomic E-state index is 11.2. The summed E-state index contributed by atoms with van der Waals surface area (Å²) in [6.07, 6.45) is 1.35. The Morgan fingerprint density at radius 2 is 2.14 bits per heavy atom. The molecule has 2 N–H and O–H groups in total. The molecule has 0 aliphatic rings. The van der Waals surface area contributed by atoms with Gasteiger partial charge in [0.2, 0.25) is 5.91 Å². The van der Waals surface area contributed by atoms with Crippen molar-refractivity contribution in [3.05, 3.63) is 12.7 Å². The monoisotopic (exact) mass is 200 g/mol. The van der Waals surface area contributed by atoms with Crippen LogP contribution in [0.15, 0.2) is 12.7 Å². The molecule has 0 aromatic heterocycles. The quantitative estimate of drug-likeness (QED) is 0.480. The van der Waals surface area contributed by atoms with E-state index < -0.39 is 12.0 Å². The van der Waals surface area contributed by atoms with Crippen molar-refractivity contribution in [3.63, 3.8) is 0 Å². The zero-order valence-electron chi connectivity index (χ0n) is 8.53. The smallest absolute Gasteiger partial charge is 0.308 e. The summed E-state index contributed by atoms with van der Waals surface area (Å²) >= 11 is 0. The van der Waals surface area contributed by atoms with Crippen LogP contribution in [-0.4, -0.2) is 43.5 Å². The van der Waals surface area contributed by atoms with Gasteiger partial charge < -0.3 is 15.4 Å². The van der Waals surface area contributed by atoms with Gasteiger partial charge in [0, 0.05) is 14.1 Å². The molecule has 0 aromatic rings. The van der Waals surface area contributed by atoms with Gasteiger partial charge in [0.25, 0.3) is 0 Å². The second-order valence-electron chi connectivity index (χ2n) is 3.01. The number of carbonyl (C=O) groups is 2. The predicted molar refractivity (Wildman–Crippen MR) is 52.4 cm³/mol. The number of likely N-dealkylation sites (N-methyl/N-ethyl adjacent to an activating group) is 1. The van der Waals surface area contributed by atoms with E-state index in [2.05, 4.69) is 11.3 Å². The van der Waals surface area contributed by atoms with E-state index in [0.717, 1.165) is 0 Å². The molecule has 0 saturated carbocycles. The van der Waals surface area contributed by atoms with Crippen molar-refractivity contribution in [2.75, 3.05) is 20.7 Å². The topological polar surface area (TPSA) is 72.6 Å². The molecule has 0 aliphatic heterocycles. The van der Waals surface area contributed by atoms with Gasteiger partial charge in [-0.1, -0.05) is 12.7 Å². The second-order valence-corrected chi connectivity index (χ2v) is 3.01. The minimum Gasteiger partial charge on any atom is -0.461 e. The van der Waals surface area contributed by atoms with Crippen LogP contribution in [0.1, 0.15) is 6.42 Å². The van der Waals surface area contributed by atoms with Gasteiger partial charge in [-0.05, 0) is 0 Å². The first-order valence-electron chi connectivity index (χ1n) is 4.22. The zero-order chi connectivity index (χ0) is 11.1. The Kier molecular flexibility index (Phi) is 5.55. The molecule has 0 saturated heterocycles. The van der Waals surface area contributed by atoms with Crippen LogP contribution in [0.25, 0.3) is 0 Å². The maximum atomic E-state index is 11.2. The number of hydrogen-bond acceptors (Lipinski definition) is 4. The molecule has 0 radical (unpaired) electrons. The van der Waals surface area contributed by atoms with Crippen molar-refractivity contribution in [2.24, 2.45) is 5.73 Å². The summed E-state index contributed by atoms with van der Waals surface area (Å²) in [6, 6.07) is -0.831. The molecule has 0 unspecified atom stereocenters. The molecule has 0 rings (SSSR count). The number of nitrogens with two attached hydrogens (primary N) is 1. The molecule has 1 amide bonds. The molecule has 5 heteroatoms. The first-order valence-corrected chi connectivity index (χ1v) is 4.22. The molecule has 0 fully saturated rings. The highest BCUT2D eigenvalue weighted by Gasteiger charge is 2.19. The molecule has 0 aliphatic carbocycles. The third-order valence-corrected chi connectivity index (χ3v) is 1.51. The van der Waals surface area contributed by atoms with E-state index in [1.807, 2.05) is 0 Å². The summed E-state index contributed by atoms with van der Waals surface area (Å²) in [5, 5.41) is 0. The SMILES string of the molecule is C=CCOC(=O)C[C@H](N)C(=O)N(C)C. The molecule has 5 nitrogen and oxygen atoms in total. The Morgan fingerprint density at radius 1 is 1.57 bits per heavy atom. The minimum atomic E-state index is -0.831. The van der Waals surface area contributed by atoms with E-state index >= 15 is 0 Å². The molecule has 0 spiro atoms. The molecule has 14 heavy (non-hydrogen) atoms. The maximum Gasteiger partial charge on any atom is 0.308 e. The van der Waals surface area contributed by atoms with Crippen molar-refractivity contribution in [1.29, 1.82) is 0 Å². The summed E-state index contributed by atoms with van der Waals surface area (Å²) in [5.74, 6) is -0.784. The van der Waals surface area contributed by atoms with Gasteiger partial charge in [0.1, 0.15) is 6.61 Å². The van der Waals surface area contributed by atoms with Gasteiger partial charge in [0.05, 0.1) is 12.5 Å². The largest absolute Gasteiger partial charge is 0.461 e. The lowest BCUT2D eigenvalue weighted by molar-refractivity contribution is -0.145. The zero-order valence-corrected chi connectivity index (χ0v) is 8.53. The lowest BCUT2D eigenvalue weighted by Crippen LogP contribution is -2.41. The lowest BCUT2D eigenvalue weighted by atomic mass is 10.2. The summed E-state index contributed by atoms with van der Waals surface area (Å²) < 4.78 is 4.68. The molecular weight excluding hydrogens is 184 g/mol. The highest BCUT2D eigenvalue weighted by molar-refractivity contribution is 5.86. The van der Waals surface area contributed by atoms with Crippen molar-refractivity contribution < 1.29 is 14.3 Å². The van der Waals surface area contributed by atoms with Crippen LogP contribution in [-0.2, 0) is 14.3 Å². The highest BCUT2D eigenvalue weighted by atomic mass is 16.5. The fraction of sp³-hybridized carbons (Fsp3) is 0.556. The van der Waals surface area contributed by atoms with Crippen LogP contribution in [0, 0.1) is 0 Å². The summed E-state index contributed by atoms with van der Waals surface area (Å²) in [4.78, 5) is 23.6. The van der Waals surface area contributed by atoms with Crippen LogP contribution in [0.4, 0.5) is 0 Å². The minimum absolute atomic E-state index is 0.106. The number of nitrogens with zero attached hydrogens (tertiary/aromatic N) is 1. The van der Waals surface area contributed by atoms with Gasteiger partial charge >= 0.3 is 5.97 Å². The number of hydrogen-bond donors (Lipinski definition) is 1. The van der Waals surface area contributed by atoms with E-state index in [0.29, 0.717) is 0 Å². The molecular formula is C9H16N2O3. The number of ether oxygens (including phenoxy) is 1. The number of rotatable bonds is 5. The van der Waals surface area contributed by atoms with Gasteiger partial charge in [-0.25, -0.2) is 0 Å². The Morgan fingerprint density at radius 3 is 2.57 bits per heavy atom. The average Bonchev–Trinajstić information content (AvgIpc) is 2.13. The Balaban J connectivity index is 3.93. The van der Waals surface area contributed by atoms with E-state index in [4.69, 9.17) is 5.73 Å². The Hall–Kier alpha value is -1.36. The van der Waals surface area contributed by atoms with Crippen molar-refractivity contribution in [1.82, 2.24) is 4.90 Å². The lowest BCUT2D eigenvalue weighted by Gasteiger charge is -2.15. The van der Waals surface area contributed by atoms with Crippen LogP contribution >= 0.6 is 0 Å². The van der Waals surface area contributed by atoms with Gasteiger partial charge in [-0.2, -0.15) is 0 Å². The van der Waals surface area contributed by atoms with Crippen LogP contribution in [0.5, 0.6) is 0 Å². The fourth-order valence-electron chi connectivity index (χ4n) is 0.809. The molecule has 80 valence electrons. The molecule has 0 aromatic carbocycles. The van der Waals surface area contributed by atoms with Gasteiger partial charge in [0.15, 0.2) is 0 Å². The second kappa shape index (κ2) is 6.15. The van der Waals surface area contributed by atoms with E-state index in [9.17, 15) is 9.59 Å². The average molecular weight is 200 g/mol. The normalized spacial score (nSPS) is 11.6. The third-order valence-electron chi connectivity index (χ3n) is 1.51. The number of carbonyl (C=O) groups excluding carboxylic acids is 2. The van der Waals surface area contributed by atoms with Crippen molar-refractivity contribution >= 4 is 11.9 Å². The number of amides is 1. The van der Waals surface area contributed by atoms with E-state index in [-0.39, 0.29) is 18.9 Å². The highest BCUT2D eigenvalue weighted by Crippen LogP contribution is 1.95. The third kappa shape index (κ3) is 4.61. The summed E-state index contributed by atoms with van der Waals surface area (Å²) in [7, 11) is 3.16. The van der Waals surface area contributed by atoms with Crippen molar-refractivity contribution in [2.45, 2.75) is 12.5 Å². The standard InChI is InChI=1S/C9H16N2O3/c1-4-5-14-8(12)6-7(10)9(13)11(2)3/h4,7H,1,5-6,10H2,2-3H3/t7-/m0/s1. The fourth-order valence-corrected chi connectivity index (χ4v) is 0.809. The summed E-state index contributed by atoms with van der Waals surface area (Å²) in [6.45, 7) is 3.53. The van der Waals surface area contributed by atoms with E-state index in [1.165, 1.54) is 11.0 Å². The number of esters is 1. The van der Waals surface area contributed by atoms with Crippen molar-refractivity contribution in [3.8, 4) is 0 Å². The molecule has 0 heterocycles. The van der Waals surface area contributed by atoms with Gasteiger partial charge in [-0.15, -0.1) is 0 Å². The molecule has 1 atom stereocenters. The Bertz CT molecular complexity index is 226. The van der Waals surface area contributed by atoms with Crippen LogP contribution < -0.4 is 5.73 Å². The van der Waals surface area contributed by atoms with Crippen LogP contribution in [0.2, 0.25) is 0 Å². The predicted octanol–water partition coefficient (Wildman–Crippen LogP) is -0.479. The first-order chi connectivity index (χ1) is 6.49. The first kappa shape index (κ1) is 12.6. The van der Waals surface area contributed by atoms with Crippen LogP contribution in [0.3, 0.4) is 0 Å². The summed E-state index contributed by atoms with van der Waals surface area (Å²) in [5.41, 5.74) is 5.47. The molecule has 0 bridgehead atoms.